The molecule has 1 fully saturated rings. The second-order valence-corrected chi connectivity index (χ2v) is 6.58. The van der Waals surface area contributed by atoms with Crippen molar-refractivity contribution in [2.45, 2.75) is 31.1 Å². The number of hydrogen-bond donors (Lipinski definition) is 1. The zero-order chi connectivity index (χ0) is 13.0. The first-order chi connectivity index (χ1) is 8.68. The highest BCUT2D eigenvalue weighted by atomic mass is 32.2. The normalized spacial score (nSPS) is 20.6. The molecule has 1 heterocycles. The van der Waals surface area contributed by atoms with Gasteiger partial charge in [0.1, 0.15) is 0 Å². The molecule has 0 saturated carbocycles. The van der Waals surface area contributed by atoms with Gasteiger partial charge >= 0.3 is 0 Å². The van der Waals surface area contributed by atoms with E-state index < -0.39 is 10.8 Å². The maximum absolute atomic E-state index is 12.3. The number of benzene rings is 1. The maximum atomic E-state index is 12.3. The van der Waals surface area contributed by atoms with Gasteiger partial charge in [-0.25, -0.2) is 0 Å². The summed E-state index contributed by atoms with van der Waals surface area (Å²) in [4.78, 5) is 0. The van der Waals surface area contributed by atoms with Crippen LogP contribution < -0.4 is 5.73 Å². The monoisotopic (exact) mass is 267 g/mol. The van der Waals surface area contributed by atoms with Crippen LogP contribution in [0.25, 0.3) is 0 Å². The highest BCUT2D eigenvalue weighted by molar-refractivity contribution is 7.85. The van der Waals surface area contributed by atoms with Crippen molar-refractivity contribution in [3.8, 4) is 0 Å². The molecule has 1 aliphatic heterocycles. The maximum Gasteiger partial charge on any atom is 0.0477 e. The van der Waals surface area contributed by atoms with Gasteiger partial charge in [-0.3, -0.25) is 4.21 Å². The molecule has 2 unspecified atom stereocenters. The minimum absolute atomic E-state index is 0.130. The lowest BCUT2D eigenvalue weighted by molar-refractivity contribution is 0.0992. The molecule has 18 heavy (non-hydrogen) atoms. The molecule has 1 saturated heterocycles. The largest absolute Gasteiger partial charge is 0.381 e. The van der Waals surface area contributed by atoms with Crippen LogP contribution in [-0.4, -0.2) is 28.4 Å². The van der Waals surface area contributed by atoms with Crippen LogP contribution in [0.4, 0.5) is 0 Å². The van der Waals surface area contributed by atoms with Gasteiger partial charge in [-0.2, -0.15) is 0 Å². The van der Waals surface area contributed by atoms with Crippen LogP contribution in [-0.2, 0) is 15.5 Å². The summed E-state index contributed by atoms with van der Waals surface area (Å²) >= 11 is 0. The van der Waals surface area contributed by atoms with E-state index in [-0.39, 0.29) is 11.3 Å². The SMILES string of the molecule is Cc1ccccc1C(N)CS(=O)C1CCOCC1. The van der Waals surface area contributed by atoms with Gasteiger partial charge in [-0.15, -0.1) is 0 Å². The van der Waals surface area contributed by atoms with E-state index in [1.54, 1.807) is 0 Å². The van der Waals surface area contributed by atoms with Crippen molar-refractivity contribution in [1.29, 1.82) is 0 Å². The van der Waals surface area contributed by atoms with Crippen molar-refractivity contribution >= 4 is 10.8 Å². The molecule has 4 heteroatoms. The second kappa shape index (κ2) is 6.45. The van der Waals surface area contributed by atoms with Crippen molar-refractivity contribution in [2.75, 3.05) is 19.0 Å². The van der Waals surface area contributed by atoms with Gasteiger partial charge in [0.2, 0.25) is 0 Å². The molecule has 0 bridgehead atoms. The summed E-state index contributed by atoms with van der Waals surface area (Å²) in [6.07, 6.45) is 1.79. The van der Waals surface area contributed by atoms with Gasteiger partial charge < -0.3 is 10.5 Å². The molecule has 1 aromatic rings. The summed E-state index contributed by atoms with van der Waals surface area (Å²) in [7, 11) is -0.850. The fourth-order valence-corrected chi connectivity index (χ4v) is 3.87. The summed E-state index contributed by atoms with van der Waals surface area (Å²) in [6.45, 7) is 3.51. The molecule has 0 amide bonds. The van der Waals surface area contributed by atoms with Crippen molar-refractivity contribution in [3.63, 3.8) is 0 Å². The molecule has 3 nitrogen and oxygen atoms in total. The molecular formula is C14H21NO2S. The van der Waals surface area contributed by atoms with E-state index >= 15 is 0 Å². The molecule has 0 spiro atoms. The van der Waals surface area contributed by atoms with Gasteiger partial charge in [-0.1, -0.05) is 24.3 Å². The van der Waals surface area contributed by atoms with E-state index in [9.17, 15) is 4.21 Å². The Morgan fingerprint density at radius 3 is 2.72 bits per heavy atom. The van der Waals surface area contributed by atoms with Crippen LogP contribution in [0.3, 0.4) is 0 Å². The number of hydrogen-bond acceptors (Lipinski definition) is 3. The average molecular weight is 267 g/mol. The Labute approximate surface area is 111 Å². The first kappa shape index (κ1) is 13.7. The van der Waals surface area contributed by atoms with Crippen molar-refractivity contribution in [1.82, 2.24) is 0 Å². The third-order valence-corrected chi connectivity index (χ3v) is 5.37. The van der Waals surface area contributed by atoms with Crippen LogP contribution in [0, 0.1) is 6.92 Å². The second-order valence-electron chi connectivity index (χ2n) is 4.82. The lowest BCUT2D eigenvalue weighted by atomic mass is 10.0. The van der Waals surface area contributed by atoms with Crippen molar-refractivity contribution in [2.24, 2.45) is 5.73 Å². The highest BCUT2D eigenvalue weighted by Crippen LogP contribution is 2.20. The molecule has 1 aromatic carbocycles. The number of ether oxygens (including phenoxy) is 1. The summed E-state index contributed by atoms with van der Waals surface area (Å²) in [5.74, 6) is 0.551. The average Bonchev–Trinajstić information content (AvgIpc) is 2.40. The molecule has 2 rings (SSSR count). The smallest absolute Gasteiger partial charge is 0.0477 e. The Morgan fingerprint density at radius 2 is 2.06 bits per heavy atom. The fraction of sp³-hybridized carbons (Fsp3) is 0.571. The first-order valence-corrected chi connectivity index (χ1v) is 7.82. The Kier molecular flexibility index (Phi) is 4.92. The zero-order valence-electron chi connectivity index (χ0n) is 10.8. The third kappa shape index (κ3) is 3.40. The lowest BCUT2D eigenvalue weighted by Crippen LogP contribution is -2.30. The molecule has 2 atom stereocenters. The molecule has 0 aromatic heterocycles. The summed E-state index contributed by atoms with van der Waals surface area (Å²) < 4.78 is 17.6. The zero-order valence-corrected chi connectivity index (χ0v) is 11.6. The predicted octanol–water partition coefficient (Wildman–Crippen LogP) is 1.92. The Morgan fingerprint density at radius 1 is 1.39 bits per heavy atom. The molecule has 2 N–H and O–H groups in total. The lowest BCUT2D eigenvalue weighted by Gasteiger charge is -2.23. The van der Waals surface area contributed by atoms with Gasteiger partial charge in [0.05, 0.1) is 0 Å². The fourth-order valence-electron chi connectivity index (χ4n) is 2.34. The summed E-state index contributed by atoms with van der Waals surface area (Å²) in [5, 5.41) is 0.258. The van der Waals surface area contributed by atoms with Crippen LogP contribution >= 0.6 is 0 Å². The summed E-state index contributed by atoms with van der Waals surface area (Å²) in [6, 6.07) is 7.93. The van der Waals surface area contributed by atoms with E-state index in [0.29, 0.717) is 5.75 Å². The van der Waals surface area contributed by atoms with E-state index in [2.05, 4.69) is 0 Å². The number of aryl methyl sites for hydroxylation is 1. The van der Waals surface area contributed by atoms with Crippen LogP contribution in [0.5, 0.6) is 0 Å². The van der Waals surface area contributed by atoms with Gasteiger partial charge in [-0.05, 0) is 30.9 Å². The topological polar surface area (TPSA) is 52.3 Å². The minimum atomic E-state index is -0.850. The standard InChI is InChI=1S/C14H21NO2S/c1-11-4-2-3-5-13(11)14(15)10-18(16)12-6-8-17-9-7-12/h2-5,12,14H,6-10,15H2,1H3. The molecule has 0 radical (unpaired) electrons. The molecule has 1 aliphatic rings. The third-order valence-electron chi connectivity index (χ3n) is 3.47. The van der Waals surface area contributed by atoms with Gasteiger partial charge in [0.25, 0.3) is 0 Å². The number of rotatable bonds is 4. The Balaban J connectivity index is 1.96. The Bertz CT molecular complexity index is 416. The highest BCUT2D eigenvalue weighted by Gasteiger charge is 2.22. The first-order valence-electron chi connectivity index (χ1n) is 6.44. The van der Waals surface area contributed by atoms with Crippen molar-refractivity contribution < 1.29 is 8.95 Å². The van der Waals surface area contributed by atoms with E-state index in [4.69, 9.17) is 10.5 Å². The van der Waals surface area contributed by atoms with E-state index in [0.717, 1.165) is 31.6 Å². The minimum Gasteiger partial charge on any atom is -0.381 e. The Hall–Kier alpha value is -0.710. The summed E-state index contributed by atoms with van der Waals surface area (Å²) in [5.41, 5.74) is 8.46. The van der Waals surface area contributed by atoms with E-state index in [1.165, 1.54) is 5.56 Å². The van der Waals surface area contributed by atoms with Crippen LogP contribution in [0.15, 0.2) is 24.3 Å². The van der Waals surface area contributed by atoms with Crippen LogP contribution in [0.1, 0.15) is 30.0 Å². The van der Waals surface area contributed by atoms with Crippen LogP contribution in [0.2, 0.25) is 0 Å². The quantitative estimate of drug-likeness (QED) is 0.907. The van der Waals surface area contributed by atoms with Gasteiger partial charge in [0.15, 0.2) is 0 Å². The van der Waals surface area contributed by atoms with E-state index in [1.807, 2.05) is 31.2 Å². The molecule has 100 valence electrons. The number of nitrogens with two attached hydrogens (primary N) is 1. The molecule has 0 aliphatic carbocycles. The molecular weight excluding hydrogens is 246 g/mol. The predicted molar refractivity (Wildman–Crippen MR) is 75.0 cm³/mol. The van der Waals surface area contributed by atoms with Gasteiger partial charge in [0, 0.05) is 41.1 Å². The van der Waals surface area contributed by atoms with Crippen molar-refractivity contribution in [3.05, 3.63) is 35.4 Å².